The van der Waals surface area contributed by atoms with Crippen LogP contribution in [0.5, 0.6) is 0 Å². The van der Waals surface area contributed by atoms with Crippen molar-refractivity contribution < 1.29 is 27.8 Å². The number of hydrogen-bond donors (Lipinski definition) is 2. The number of aliphatic hydroxyl groups excluding tert-OH is 2. The van der Waals surface area contributed by atoms with E-state index in [0.29, 0.717) is 0 Å². The van der Waals surface area contributed by atoms with Gasteiger partial charge in [0.05, 0.1) is 24.3 Å². The van der Waals surface area contributed by atoms with Crippen molar-refractivity contribution in [1.82, 2.24) is 0 Å². The Hall–Kier alpha value is -1.14. The fourth-order valence-corrected chi connectivity index (χ4v) is 1.00. The molecule has 78 valence electrons. The predicted octanol–water partition coefficient (Wildman–Crippen LogP) is 1.23. The van der Waals surface area contributed by atoms with Crippen molar-refractivity contribution >= 4 is 0 Å². The lowest BCUT2D eigenvalue weighted by Crippen LogP contribution is -2.08. The highest BCUT2D eigenvalue weighted by atomic mass is 19.2. The van der Waals surface area contributed by atoms with Crippen LogP contribution < -0.4 is 0 Å². The van der Waals surface area contributed by atoms with Gasteiger partial charge >= 0.3 is 0 Å². The topological polar surface area (TPSA) is 40.5 Å². The van der Waals surface area contributed by atoms with Gasteiger partial charge in [-0.3, -0.25) is 0 Å². The molecule has 0 bridgehead atoms. The van der Waals surface area contributed by atoms with Crippen LogP contribution >= 0.6 is 0 Å². The average Bonchev–Trinajstić information content (AvgIpc) is 2.17. The molecular weight excluding hydrogens is 204 g/mol. The van der Waals surface area contributed by atoms with Crippen LogP contribution in [-0.2, 0) is 13.2 Å². The van der Waals surface area contributed by atoms with Gasteiger partial charge in [0.2, 0.25) is 0 Å². The molecule has 2 N–H and O–H groups in total. The predicted molar refractivity (Wildman–Crippen MR) is 38.1 cm³/mol. The van der Waals surface area contributed by atoms with Crippen LogP contribution in [0.25, 0.3) is 0 Å². The fraction of sp³-hybridized carbons (Fsp3) is 0.250. The lowest BCUT2D eigenvalue weighted by Gasteiger charge is -2.08. The third kappa shape index (κ3) is 1.46. The SMILES string of the molecule is OCc1c(F)c(F)c(CO)c(F)c1F. The van der Waals surface area contributed by atoms with Gasteiger partial charge in [-0.15, -0.1) is 0 Å². The van der Waals surface area contributed by atoms with Crippen molar-refractivity contribution in [3.63, 3.8) is 0 Å². The van der Waals surface area contributed by atoms with Crippen molar-refractivity contribution in [1.29, 1.82) is 0 Å². The zero-order valence-electron chi connectivity index (χ0n) is 6.82. The van der Waals surface area contributed by atoms with Gasteiger partial charge in [-0.2, -0.15) is 0 Å². The summed E-state index contributed by atoms with van der Waals surface area (Å²) >= 11 is 0. The number of aliphatic hydroxyl groups is 2. The van der Waals surface area contributed by atoms with Crippen molar-refractivity contribution in [2.45, 2.75) is 13.2 Å². The Morgan fingerprint density at radius 1 is 0.643 bits per heavy atom. The van der Waals surface area contributed by atoms with Crippen LogP contribution in [0, 0.1) is 23.3 Å². The highest BCUT2D eigenvalue weighted by molar-refractivity contribution is 5.29. The van der Waals surface area contributed by atoms with E-state index >= 15 is 0 Å². The summed E-state index contributed by atoms with van der Waals surface area (Å²) in [5, 5.41) is 16.9. The molecule has 0 spiro atoms. The quantitative estimate of drug-likeness (QED) is 0.569. The Kier molecular flexibility index (Phi) is 3.07. The van der Waals surface area contributed by atoms with E-state index < -0.39 is 47.6 Å². The van der Waals surface area contributed by atoms with Gasteiger partial charge in [0, 0.05) is 0 Å². The molecule has 0 saturated carbocycles. The van der Waals surface area contributed by atoms with Crippen molar-refractivity contribution in [3.8, 4) is 0 Å². The van der Waals surface area contributed by atoms with E-state index in [1.807, 2.05) is 0 Å². The maximum Gasteiger partial charge on any atom is 0.167 e. The molecule has 0 unspecified atom stereocenters. The van der Waals surface area contributed by atoms with Crippen molar-refractivity contribution in [2.75, 3.05) is 0 Å². The monoisotopic (exact) mass is 210 g/mol. The fourth-order valence-electron chi connectivity index (χ4n) is 1.00. The van der Waals surface area contributed by atoms with Crippen LogP contribution in [-0.4, -0.2) is 10.2 Å². The largest absolute Gasteiger partial charge is 0.391 e. The van der Waals surface area contributed by atoms with E-state index in [1.165, 1.54) is 0 Å². The number of hydrogen-bond acceptors (Lipinski definition) is 2. The van der Waals surface area contributed by atoms with Gasteiger partial charge < -0.3 is 10.2 Å². The zero-order valence-corrected chi connectivity index (χ0v) is 6.82. The minimum absolute atomic E-state index is 1.09. The van der Waals surface area contributed by atoms with Crippen molar-refractivity contribution in [3.05, 3.63) is 34.4 Å². The van der Waals surface area contributed by atoms with Crippen molar-refractivity contribution in [2.24, 2.45) is 0 Å². The van der Waals surface area contributed by atoms with Crippen LogP contribution in [0.4, 0.5) is 17.6 Å². The molecule has 0 aliphatic carbocycles. The molecule has 0 heterocycles. The summed E-state index contributed by atoms with van der Waals surface area (Å²) in [5.74, 6) is -6.74. The highest BCUT2D eigenvalue weighted by Crippen LogP contribution is 2.23. The van der Waals surface area contributed by atoms with Crippen LogP contribution in [0.1, 0.15) is 11.1 Å². The molecule has 0 radical (unpaired) electrons. The van der Waals surface area contributed by atoms with Gasteiger partial charge in [0.1, 0.15) is 0 Å². The summed E-state index contributed by atoms with van der Waals surface area (Å²) in [6.07, 6.45) is 0. The Bertz CT molecular complexity index is 301. The Morgan fingerprint density at radius 3 is 1.00 bits per heavy atom. The Labute approximate surface area is 76.4 Å². The molecule has 0 aliphatic heterocycles. The van der Waals surface area contributed by atoms with E-state index in [0.717, 1.165) is 0 Å². The highest BCUT2D eigenvalue weighted by Gasteiger charge is 2.23. The minimum Gasteiger partial charge on any atom is -0.391 e. The van der Waals surface area contributed by atoms with E-state index in [9.17, 15) is 17.6 Å². The molecule has 0 aromatic heterocycles. The van der Waals surface area contributed by atoms with Gasteiger partial charge in [-0.25, -0.2) is 17.6 Å². The van der Waals surface area contributed by atoms with Crippen LogP contribution in [0.15, 0.2) is 0 Å². The molecule has 1 aromatic rings. The normalized spacial score (nSPS) is 10.7. The molecule has 2 nitrogen and oxygen atoms in total. The average molecular weight is 210 g/mol. The number of rotatable bonds is 2. The van der Waals surface area contributed by atoms with E-state index in [4.69, 9.17) is 10.2 Å². The first kappa shape index (κ1) is 10.9. The third-order valence-corrected chi connectivity index (χ3v) is 1.76. The van der Waals surface area contributed by atoms with E-state index in [-0.39, 0.29) is 0 Å². The summed E-state index contributed by atoms with van der Waals surface area (Å²) in [4.78, 5) is 0. The summed E-state index contributed by atoms with van der Waals surface area (Å²) in [5.41, 5.74) is -2.17. The Balaban J connectivity index is 3.55. The Morgan fingerprint density at radius 2 is 0.857 bits per heavy atom. The van der Waals surface area contributed by atoms with E-state index in [2.05, 4.69) is 0 Å². The first-order valence-corrected chi connectivity index (χ1v) is 3.60. The summed E-state index contributed by atoms with van der Waals surface area (Å²) in [6.45, 7) is -2.31. The number of halogens is 4. The summed E-state index contributed by atoms with van der Waals surface area (Å²) in [7, 11) is 0. The molecular formula is C8H6F4O2. The zero-order chi connectivity index (χ0) is 10.9. The molecule has 0 saturated heterocycles. The number of benzene rings is 1. The summed E-state index contributed by atoms with van der Waals surface area (Å²) < 4.78 is 51.4. The molecule has 1 aromatic carbocycles. The first-order chi connectivity index (χ1) is 6.54. The van der Waals surface area contributed by atoms with Crippen LogP contribution in [0.2, 0.25) is 0 Å². The lowest BCUT2D eigenvalue weighted by molar-refractivity contribution is 0.247. The van der Waals surface area contributed by atoms with Gasteiger partial charge in [0.25, 0.3) is 0 Å². The second-order valence-corrected chi connectivity index (χ2v) is 2.53. The second-order valence-electron chi connectivity index (χ2n) is 2.53. The summed E-state index contributed by atoms with van der Waals surface area (Å²) in [6, 6.07) is 0. The lowest BCUT2D eigenvalue weighted by atomic mass is 10.1. The van der Waals surface area contributed by atoms with Gasteiger partial charge in [0.15, 0.2) is 23.3 Å². The molecule has 0 atom stereocenters. The van der Waals surface area contributed by atoms with Crippen LogP contribution in [0.3, 0.4) is 0 Å². The first-order valence-electron chi connectivity index (χ1n) is 3.60. The smallest absolute Gasteiger partial charge is 0.167 e. The second kappa shape index (κ2) is 3.93. The molecule has 14 heavy (non-hydrogen) atoms. The standard InChI is InChI=1S/C8H6F4O2/c9-5-3(1-13)6(10)8(12)4(2-14)7(5)11/h13-14H,1-2H2. The molecule has 0 aliphatic rings. The minimum atomic E-state index is -1.68. The van der Waals surface area contributed by atoms with Gasteiger partial charge in [-0.05, 0) is 0 Å². The molecule has 0 amide bonds. The molecule has 6 heteroatoms. The molecule has 0 fully saturated rings. The molecule has 1 rings (SSSR count). The maximum absolute atomic E-state index is 12.8. The third-order valence-electron chi connectivity index (χ3n) is 1.76. The van der Waals surface area contributed by atoms with Gasteiger partial charge in [-0.1, -0.05) is 0 Å². The maximum atomic E-state index is 12.8. The van der Waals surface area contributed by atoms with E-state index in [1.54, 1.807) is 0 Å².